The van der Waals surface area contributed by atoms with Gasteiger partial charge in [-0.15, -0.1) is 11.3 Å². The highest BCUT2D eigenvalue weighted by atomic mass is 32.1. The van der Waals surface area contributed by atoms with Gasteiger partial charge in [-0.05, 0) is 24.3 Å². The van der Waals surface area contributed by atoms with E-state index in [1.165, 1.54) is 17.7 Å². The lowest BCUT2D eigenvalue weighted by Crippen LogP contribution is -2.57. The average Bonchev–Trinajstić information content (AvgIpc) is 3.16. The van der Waals surface area contributed by atoms with Crippen LogP contribution < -0.4 is 10.2 Å². The fourth-order valence-corrected chi connectivity index (χ4v) is 4.41. The van der Waals surface area contributed by atoms with Gasteiger partial charge in [-0.25, -0.2) is 9.97 Å². The summed E-state index contributed by atoms with van der Waals surface area (Å²) >= 11 is 1.52. The van der Waals surface area contributed by atoms with Gasteiger partial charge in [0.05, 0.1) is 5.39 Å². The first kappa shape index (κ1) is 18.9. The number of hydrogen-bond acceptors (Lipinski definition) is 6. The van der Waals surface area contributed by atoms with E-state index in [9.17, 15) is 22.8 Å². The van der Waals surface area contributed by atoms with E-state index in [-0.39, 0.29) is 12.8 Å². The number of carbonyl (C=O) groups excluding carboxylic acids is 2. The van der Waals surface area contributed by atoms with Gasteiger partial charge in [0.1, 0.15) is 28.9 Å². The Hall–Kier alpha value is -2.43. The van der Waals surface area contributed by atoms with Crippen LogP contribution in [-0.2, 0) is 9.59 Å². The molecular formula is C17H18F3N5O2S. The zero-order valence-corrected chi connectivity index (χ0v) is 15.6. The summed E-state index contributed by atoms with van der Waals surface area (Å²) in [5, 5.41) is 4.84. The number of anilines is 1. The first-order valence-corrected chi connectivity index (χ1v) is 9.81. The minimum absolute atomic E-state index is 0.0868. The molecule has 2 saturated heterocycles. The molecule has 2 unspecified atom stereocenters. The zero-order valence-electron chi connectivity index (χ0n) is 14.8. The molecule has 0 saturated carbocycles. The molecule has 28 heavy (non-hydrogen) atoms. The number of piperidine rings is 1. The summed E-state index contributed by atoms with van der Waals surface area (Å²) in [6, 6.07) is 0.0858. The Bertz CT molecular complexity index is 894. The van der Waals surface area contributed by atoms with Crippen LogP contribution in [0.4, 0.5) is 19.0 Å². The molecule has 4 heterocycles. The average molecular weight is 413 g/mol. The molecule has 7 nitrogen and oxygen atoms in total. The van der Waals surface area contributed by atoms with Gasteiger partial charge in [0.2, 0.25) is 11.8 Å². The van der Waals surface area contributed by atoms with E-state index < -0.39 is 30.0 Å². The van der Waals surface area contributed by atoms with E-state index in [4.69, 9.17) is 0 Å². The Balaban J connectivity index is 1.38. The van der Waals surface area contributed by atoms with Gasteiger partial charge in [-0.2, -0.15) is 13.2 Å². The summed E-state index contributed by atoms with van der Waals surface area (Å²) < 4.78 is 38.3. The van der Waals surface area contributed by atoms with Crippen molar-refractivity contribution in [3.05, 3.63) is 17.8 Å². The lowest BCUT2D eigenvalue weighted by molar-refractivity contribution is -0.172. The monoisotopic (exact) mass is 413 g/mol. The standard InChI is InChI=1S/C17H18F3N5O2S/c18-17(19,20)12-2-1-11(14(26)23-12)16(27)25-6-4-24(5-7-25)13-10-3-8-28-15(10)22-9-21-13/h3,8-9,11-12H,1-2,4-7H2,(H,23,26). The van der Waals surface area contributed by atoms with Crippen LogP contribution >= 0.6 is 11.3 Å². The number of halogens is 3. The maximum atomic E-state index is 12.8. The summed E-state index contributed by atoms with van der Waals surface area (Å²) in [7, 11) is 0. The number of fused-ring (bicyclic) bond motifs is 1. The number of aromatic nitrogens is 2. The number of nitrogens with one attached hydrogen (secondary N) is 1. The molecule has 2 fully saturated rings. The van der Waals surface area contributed by atoms with Crippen LogP contribution in [0, 0.1) is 5.92 Å². The van der Waals surface area contributed by atoms with Crippen LogP contribution in [0.15, 0.2) is 17.8 Å². The second-order valence-corrected chi connectivity index (χ2v) is 7.78. The van der Waals surface area contributed by atoms with E-state index in [1.807, 2.05) is 16.8 Å². The highest BCUT2D eigenvalue weighted by molar-refractivity contribution is 7.16. The predicted molar refractivity (Wildman–Crippen MR) is 96.9 cm³/mol. The van der Waals surface area contributed by atoms with Gasteiger partial charge in [0.15, 0.2) is 0 Å². The van der Waals surface area contributed by atoms with E-state index in [2.05, 4.69) is 14.9 Å². The fraction of sp³-hybridized carbons (Fsp3) is 0.529. The molecule has 11 heteroatoms. The number of hydrogen-bond donors (Lipinski definition) is 1. The number of thiophene rings is 1. The number of nitrogens with zero attached hydrogens (tertiary/aromatic N) is 4. The van der Waals surface area contributed by atoms with Crippen LogP contribution in [0.5, 0.6) is 0 Å². The van der Waals surface area contributed by atoms with Crippen molar-refractivity contribution in [2.45, 2.75) is 25.1 Å². The molecule has 1 N–H and O–H groups in total. The fourth-order valence-electron chi connectivity index (χ4n) is 3.68. The Kier molecular flexibility index (Phi) is 4.86. The number of piperazine rings is 1. The summed E-state index contributed by atoms with van der Waals surface area (Å²) in [5.74, 6) is -1.48. The van der Waals surface area contributed by atoms with Crippen molar-refractivity contribution in [3.63, 3.8) is 0 Å². The van der Waals surface area contributed by atoms with Gasteiger partial charge in [0, 0.05) is 26.2 Å². The molecule has 2 aliphatic heterocycles. The lowest BCUT2D eigenvalue weighted by Gasteiger charge is -2.38. The smallest absolute Gasteiger partial charge is 0.352 e. The largest absolute Gasteiger partial charge is 0.408 e. The second kappa shape index (κ2) is 7.19. The van der Waals surface area contributed by atoms with Gasteiger partial charge in [-0.1, -0.05) is 0 Å². The minimum Gasteiger partial charge on any atom is -0.352 e. The van der Waals surface area contributed by atoms with E-state index in [1.54, 1.807) is 4.90 Å². The summed E-state index contributed by atoms with van der Waals surface area (Å²) in [4.78, 5) is 37.8. The molecule has 150 valence electrons. The molecule has 0 aromatic carbocycles. The first-order chi connectivity index (χ1) is 13.3. The number of amides is 2. The van der Waals surface area contributed by atoms with Gasteiger partial charge in [0.25, 0.3) is 0 Å². The highest BCUT2D eigenvalue weighted by Gasteiger charge is 2.46. The quantitative estimate of drug-likeness (QED) is 0.760. The topological polar surface area (TPSA) is 78.4 Å². The third kappa shape index (κ3) is 3.50. The summed E-state index contributed by atoms with van der Waals surface area (Å²) in [5.41, 5.74) is 0. The van der Waals surface area contributed by atoms with Crippen molar-refractivity contribution in [2.24, 2.45) is 5.92 Å². The van der Waals surface area contributed by atoms with Crippen molar-refractivity contribution < 1.29 is 22.8 Å². The van der Waals surface area contributed by atoms with Gasteiger partial charge in [-0.3, -0.25) is 9.59 Å². The Morgan fingerprint density at radius 1 is 1.18 bits per heavy atom. The summed E-state index contributed by atoms with van der Waals surface area (Å²) in [6.07, 6.45) is -3.34. The molecular weight excluding hydrogens is 395 g/mol. The van der Waals surface area contributed by atoms with Crippen molar-refractivity contribution in [3.8, 4) is 0 Å². The van der Waals surface area contributed by atoms with Crippen molar-refractivity contribution in [1.82, 2.24) is 20.2 Å². The Labute approximate surface area is 162 Å². The van der Waals surface area contributed by atoms with E-state index >= 15 is 0 Å². The molecule has 0 radical (unpaired) electrons. The zero-order chi connectivity index (χ0) is 19.9. The number of alkyl halides is 3. The summed E-state index contributed by atoms with van der Waals surface area (Å²) in [6.45, 7) is 1.85. The maximum absolute atomic E-state index is 12.8. The molecule has 2 atom stereocenters. The molecule has 2 aromatic heterocycles. The molecule has 0 spiro atoms. The van der Waals surface area contributed by atoms with Crippen LogP contribution in [-0.4, -0.2) is 65.1 Å². The van der Waals surface area contributed by atoms with Gasteiger partial charge < -0.3 is 15.1 Å². The molecule has 2 aliphatic rings. The lowest BCUT2D eigenvalue weighted by atomic mass is 9.92. The minimum atomic E-state index is -4.49. The predicted octanol–water partition coefficient (Wildman–Crippen LogP) is 1.80. The van der Waals surface area contributed by atoms with Crippen LogP contribution in [0.2, 0.25) is 0 Å². The number of rotatable bonds is 2. The normalized spacial score (nSPS) is 23.8. The number of carbonyl (C=O) groups is 2. The Morgan fingerprint density at radius 3 is 2.61 bits per heavy atom. The molecule has 4 rings (SSSR count). The second-order valence-electron chi connectivity index (χ2n) is 6.88. The third-order valence-corrected chi connectivity index (χ3v) is 6.02. The SMILES string of the molecule is O=C1NC(C(F)(F)F)CCC1C(=O)N1CCN(c2ncnc3sccc23)CC1. The van der Waals surface area contributed by atoms with Crippen LogP contribution in [0.3, 0.4) is 0 Å². The van der Waals surface area contributed by atoms with Crippen molar-refractivity contribution in [1.29, 1.82) is 0 Å². The Morgan fingerprint density at radius 2 is 1.93 bits per heavy atom. The van der Waals surface area contributed by atoms with E-state index in [0.29, 0.717) is 26.2 Å². The first-order valence-electron chi connectivity index (χ1n) is 8.93. The molecule has 2 amide bonds. The van der Waals surface area contributed by atoms with E-state index in [0.717, 1.165) is 16.0 Å². The maximum Gasteiger partial charge on any atom is 0.408 e. The van der Waals surface area contributed by atoms with Crippen molar-refractivity contribution in [2.75, 3.05) is 31.1 Å². The highest BCUT2D eigenvalue weighted by Crippen LogP contribution is 2.30. The van der Waals surface area contributed by atoms with Crippen LogP contribution in [0.1, 0.15) is 12.8 Å². The third-order valence-electron chi connectivity index (χ3n) is 5.20. The molecule has 0 aliphatic carbocycles. The van der Waals surface area contributed by atoms with Crippen molar-refractivity contribution >= 4 is 39.2 Å². The van der Waals surface area contributed by atoms with Gasteiger partial charge >= 0.3 is 6.18 Å². The molecule has 2 aromatic rings. The molecule has 0 bridgehead atoms. The van der Waals surface area contributed by atoms with Crippen LogP contribution in [0.25, 0.3) is 10.2 Å².